The van der Waals surface area contributed by atoms with Gasteiger partial charge >= 0.3 is 5.69 Å². The Hall–Kier alpha value is -2.56. The van der Waals surface area contributed by atoms with E-state index in [9.17, 15) is 9.59 Å². The molecule has 0 atom stereocenters. The van der Waals surface area contributed by atoms with E-state index in [0.717, 1.165) is 61.6 Å². The van der Waals surface area contributed by atoms with Gasteiger partial charge < -0.3 is 9.47 Å². The summed E-state index contributed by atoms with van der Waals surface area (Å²) in [5.74, 6) is 3.10. The molecule has 5 rings (SSSR count). The number of imidazole rings is 1. The van der Waals surface area contributed by atoms with Crippen LogP contribution in [0.3, 0.4) is 0 Å². The summed E-state index contributed by atoms with van der Waals surface area (Å²) >= 11 is 1.61. The van der Waals surface area contributed by atoms with Crippen LogP contribution in [-0.2, 0) is 18.8 Å². The Labute approximate surface area is 202 Å². The molecular weight excluding hydrogens is 452 g/mol. The molecule has 0 spiro atoms. The lowest BCUT2D eigenvalue weighted by atomic mass is 10.00. The zero-order valence-electron chi connectivity index (χ0n) is 20.3. The maximum atomic E-state index is 12.7. The molecule has 1 N–H and O–H groups in total. The Morgan fingerprint density at radius 1 is 1.06 bits per heavy atom. The summed E-state index contributed by atoms with van der Waals surface area (Å²) in [6.45, 7) is 9.60. The van der Waals surface area contributed by atoms with E-state index in [-0.39, 0.29) is 11.2 Å². The number of rotatable bonds is 9. The lowest BCUT2D eigenvalue weighted by Gasteiger charge is -2.31. The maximum absolute atomic E-state index is 12.7. The molecule has 4 heterocycles. The quantitative estimate of drug-likeness (QED) is 0.463. The van der Waals surface area contributed by atoms with Gasteiger partial charge in [0.1, 0.15) is 5.82 Å². The molecule has 1 aliphatic carbocycles. The first-order chi connectivity index (χ1) is 16.5. The van der Waals surface area contributed by atoms with Crippen LogP contribution in [0.4, 0.5) is 5.95 Å². The molecule has 2 aliphatic rings. The first kappa shape index (κ1) is 23.2. The van der Waals surface area contributed by atoms with E-state index in [0.29, 0.717) is 36.0 Å². The molecule has 34 heavy (non-hydrogen) atoms. The number of piperidine rings is 1. The predicted molar refractivity (Wildman–Crippen MR) is 134 cm³/mol. The first-order valence-electron chi connectivity index (χ1n) is 12.6. The first-order valence-corrected chi connectivity index (χ1v) is 13.5. The van der Waals surface area contributed by atoms with E-state index in [1.165, 1.54) is 12.8 Å². The minimum absolute atomic E-state index is 0.374. The highest BCUT2D eigenvalue weighted by Crippen LogP contribution is 2.42. The van der Waals surface area contributed by atoms with Gasteiger partial charge in [-0.25, -0.2) is 9.78 Å². The molecule has 3 aromatic heterocycles. The summed E-state index contributed by atoms with van der Waals surface area (Å²) in [4.78, 5) is 34.8. The van der Waals surface area contributed by atoms with Crippen molar-refractivity contribution in [1.82, 2.24) is 33.9 Å². The minimum atomic E-state index is -0.389. The van der Waals surface area contributed by atoms with Crippen LogP contribution in [0.5, 0.6) is 0 Å². The topological polar surface area (TPSA) is 107 Å². The van der Waals surface area contributed by atoms with E-state index < -0.39 is 0 Å². The van der Waals surface area contributed by atoms with Gasteiger partial charge in [-0.05, 0) is 44.9 Å². The molecule has 1 saturated carbocycles. The normalized spacial score (nSPS) is 17.2. The van der Waals surface area contributed by atoms with Crippen molar-refractivity contribution in [3.8, 4) is 0 Å². The Kier molecular flexibility index (Phi) is 6.54. The van der Waals surface area contributed by atoms with Gasteiger partial charge in [0.25, 0.3) is 5.56 Å². The van der Waals surface area contributed by atoms with E-state index in [4.69, 9.17) is 4.98 Å². The third-order valence-corrected chi connectivity index (χ3v) is 7.91. The van der Waals surface area contributed by atoms with Crippen LogP contribution in [0.25, 0.3) is 11.2 Å². The summed E-state index contributed by atoms with van der Waals surface area (Å²) in [5.41, 5.74) is 0.188. The van der Waals surface area contributed by atoms with Crippen LogP contribution in [0.15, 0.2) is 14.7 Å². The van der Waals surface area contributed by atoms with Gasteiger partial charge in [-0.15, -0.1) is 10.2 Å². The molecule has 10 nitrogen and oxygen atoms in total. The number of nitrogens with one attached hydrogen (secondary N) is 1. The third kappa shape index (κ3) is 4.30. The molecule has 0 bridgehead atoms. The van der Waals surface area contributed by atoms with Crippen molar-refractivity contribution < 1.29 is 0 Å². The molecule has 184 valence electrons. The lowest BCUT2D eigenvalue weighted by Crippen LogP contribution is -2.34. The predicted octanol–water partition coefficient (Wildman–Crippen LogP) is 3.16. The zero-order valence-corrected chi connectivity index (χ0v) is 21.1. The molecular formula is C23H34N8O2S. The number of unbranched alkanes of at least 4 members (excludes halogenated alkanes) is 1. The average Bonchev–Trinajstić information content (AvgIpc) is 3.46. The monoisotopic (exact) mass is 486 g/mol. The van der Waals surface area contributed by atoms with Crippen molar-refractivity contribution >= 4 is 28.9 Å². The second kappa shape index (κ2) is 9.59. The number of anilines is 1. The summed E-state index contributed by atoms with van der Waals surface area (Å²) < 4.78 is 5.83. The fourth-order valence-corrected chi connectivity index (χ4v) is 5.71. The zero-order chi connectivity index (χ0) is 23.8. The molecule has 0 radical (unpaired) electrons. The molecule has 1 saturated heterocycles. The molecule has 0 aromatic carbocycles. The Bertz CT molecular complexity index is 1280. The molecule has 3 aromatic rings. The number of hydrogen-bond donors (Lipinski definition) is 1. The smallest absolute Gasteiger partial charge is 0.330 e. The van der Waals surface area contributed by atoms with Crippen LogP contribution in [-0.4, -0.2) is 47.0 Å². The molecule has 0 unspecified atom stereocenters. The lowest BCUT2D eigenvalue weighted by molar-refractivity contribution is 0.429. The summed E-state index contributed by atoms with van der Waals surface area (Å²) in [6, 6.07) is 0.471. The highest BCUT2D eigenvalue weighted by Gasteiger charge is 2.32. The molecule has 2 fully saturated rings. The van der Waals surface area contributed by atoms with Crippen LogP contribution in [0, 0.1) is 5.92 Å². The average molecular weight is 487 g/mol. The fraction of sp³-hybridized carbons (Fsp3) is 0.696. The van der Waals surface area contributed by atoms with E-state index in [1.807, 2.05) is 11.5 Å². The van der Waals surface area contributed by atoms with Gasteiger partial charge in [0.2, 0.25) is 5.95 Å². The van der Waals surface area contributed by atoms with E-state index in [1.54, 1.807) is 16.3 Å². The van der Waals surface area contributed by atoms with Crippen molar-refractivity contribution in [3.63, 3.8) is 0 Å². The van der Waals surface area contributed by atoms with E-state index in [2.05, 4.69) is 38.5 Å². The number of fused-ring (bicyclic) bond motifs is 1. The Morgan fingerprint density at radius 3 is 2.50 bits per heavy atom. The van der Waals surface area contributed by atoms with Gasteiger partial charge in [0, 0.05) is 32.2 Å². The van der Waals surface area contributed by atoms with Crippen LogP contribution < -0.4 is 16.1 Å². The van der Waals surface area contributed by atoms with Crippen molar-refractivity contribution in [2.45, 2.75) is 89.3 Å². The van der Waals surface area contributed by atoms with Gasteiger partial charge in [0.15, 0.2) is 16.3 Å². The van der Waals surface area contributed by atoms with Crippen LogP contribution >= 0.6 is 11.8 Å². The van der Waals surface area contributed by atoms with Crippen molar-refractivity contribution in [2.24, 2.45) is 5.92 Å². The summed E-state index contributed by atoms with van der Waals surface area (Å²) in [6.07, 6.45) is 6.51. The summed E-state index contributed by atoms with van der Waals surface area (Å²) in [5, 5.41) is 10.1. The molecule has 1 aliphatic heterocycles. The van der Waals surface area contributed by atoms with Gasteiger partial charge in [0.05, 0.1) is 5.75 Å². The number of nitrogens with zero attached hydrogens (tertiary/aromatic N) is 7. The van der Waals surface area contributed by atoms with Gasteiger partial charge in [-0.2, -0.15) is 0 Å². The number of aryl methyl sites for hydroxylation is 2. The standard InChI is InChI=1S/C23H34N8O2S/c1-4-6-11-30-19-18(20(32)25-22(30)33)29(5-2)17(24-19)14-34-23-27-26-21(31(23)16-7-8-16)28-12-9-15(3)10-13-28/h15-16H,4-14H2,1-3H3,(H,25,32,33). The second-order valence-electron chi connectivity index (χ2n) is 9.55. The fourth-order valence-electron chi connectivity index (χ4n) is 4.77. The Balaban J connectivity index is 1.45. The molecule has 0 amide bonds. The van der Waals surface area contributed by atoms with Gasteiger partial charge in [-0.3, -0.25) is 18.9 Å². The number of aromatic amines is 1. The van der Waals surface area contributed by atoms with E-state index >= 15 is 0 Å². The molecule has 11 heteroatoms. The van der Waals surface area contributed by atoms with Crippen molar-refractivity contribution in [1.29, 1.82) is 0 Å². The van der Waals surface area contributed by atoms with Crippen molar-refractivity contribution in [2.75, 3.05) is 18.0 Å². The number of aromatic nitrogens is 7. The van der Waals surface area contributed by atoms with Gasteiger partial charge in [-0.1, -0.05) is 32.0 Å². The SMILES string of the molecule is CCCCn1c(=O)[nH]c(=O)c2c1nc(CSc1nnc(N3CCC(C)CC3)n1C1CC1)n2CC. The highest BCUT2D eigenvalue weighted by atomic mass is 32.2. The van der Waals surface area contributed by atoms with Crippen molar-refractivity contribution in [3.05, 3.63) is 26.7 Å². The van der Waals surface area contributed by atoms with Crippen LogP contribution in [0.2, 0.25) is 0 Å². The highest BCUT2D eigenvalue weighted by molar-refractivity contribution is 7.98. The third-order valence-electron chi connectivity index (χ3n) is 6.97. The number of thioether (sulfide) groups is 1. The Morgan fingerprint density at radius 2 is 1.82 bits per heavy atom. The summed E-state index contributed by atoms with van der Waals surface area (Å²) in [7, 11) is 0. The minimum Gasteiger partial charge on any atom is -0.341 e. The van der Waals surface area contributed by atoms with Crippen LogP contribution in [0.1, 0.15) is 71.2 Å². The largest absolute Gasteiger partial charge is 0.341 e. The maximum Gasteiger partial charge on any atom is 0.330 e. The number of H-pyrrole nitrogens is 1. The second-order valence-corrected chi connectivity index (χ2v) is 10.5. The number of hydrogen-bond acceptors (Lipinski definition) is 7.